The van der Waals surface area contributed by atoms with Gasteiger partial charge in [-0.2, -0.15) is 0 Å². The number of methoxy groups -OCH3 is 1. The molecule has 164 valence electrons. The summed E-state index contributed by atoms with van der Waals surface area (Å²) in [4.78, 5) is 19.7. The molecule has 7 heteroatoms. The number of likely N-dealkylation sites (tertiary alicyclic amines) is 1. The molecule has 0 saturated carbocycles. The lowest BCUT2D eigenvalue weighted by Gasteiger charge is -2.32. The number of nitrogens with two attached hydrogens (primary N) is 1. The number of nitrogens with zero attached hydrogens (tertiary/aromatic N) is 3. The molecule has 1 amide bonds. The number of hydrogen-bond acceptors (Lipinski definition) is 4. The van der Waals surface area contributed by atoms with Crippen LogP contribution in [0, 0.1) is 12.7 Å². The second kappa shape index (κ2) is 9.16. The molecule has 1 aromatic carbocycles. The van der Waals surface area contributed by atoms with Gasteiger partial charge in [0.2, 0.25) is 0 Å². The summed E-state index contributed by atoms with van der Waals surface area (Å²) in [5.74, 6) is -0.115. The van der Waals surface area contributed by atoms with Crippen molar-refractivity contribution in [1.29, 1.82) is 0 Å². The molecule has 0 aliphatic carbocycles. The highest BCUT2D eigenvalue weighted by atomic mass is 19.1. The van der Waals surface area contributed by atoms with E-state index in [0.29, 0.717) is 43.9 Å². The first-order valence-corrected chi connectivity index (χ1v) is 10.7. The van der Waals surface area contributed by atoms with E-state index >= 15 is 0 Å². The van der Waals surface area contributed by atoms with Crippen molar-refractivity contribution in [2.24, 2.45) is 5.73 Å². The van der Waals surface area contributed by atoms with Crippen molar-refractivity contribution in [1.82, 2.24) is 14.5 Å². The van der Waals surface area contributed by atoms with E-state index in [4.69, 9.17) is 10.5 Å². The number of rotatable bonds is 6. The maximum atomic E-state index is 14.4. The normalized spacial score (nSPS) is 15.0. The van der Waals surface area contributed by atoms with Crippen LogP contribution in [0.5, 0.6) is 0 Å². The van der Waals surface area contributed by atoms with Gasteiger partial charge in [-0.25, -0.2) is 4.39 Å². The maximum absolute atomic E-state index is 14.4. The Morgan fingerprint density at radius 1 is 1.29 bits per heavy atom. The van der Waals surface area contributed by atoms with E-state index in [-0.39, 0.29) is 17.6 Å². The van der Waals surface area contributed by atoms with Crippen LogP contribution in [0.15, 0.2) is 36.7 Å². The molecule has 1 aliphatic heterocycles. The summed E-state index contributed by atoms with van der Waals surface area (Å²) in [6.45, 7) is 4.82. The number of halogens is 1. The van der Waals surface area contributed by atoms with Crippen molar-refractivity contribution >= 4 is 16.9 Å². The number of amides is 1. The third-order valence-corrected chi connectivity index (χ3v) is 6.24. The molecule has 0 bridgehead atoms. The fourth-order valence-corrected chi connectivity index (χ4v) is 4.51. The summed E-state index contributed by atoms with van der Waals surface area (Å²) < 4.78 is 21.7. The molecule has 3 heterocycles. The monoisotopic (exact) mass is 424 g/mol. The number of benzene rings is 1. The van der Waals surface area contributed by atoms with Crippen LogP contribution in [0.4, 0.5) is 4.39 Å². The number of aryl methyl sites for hydroxylation is 1. The molecule has 0 spiro atoms. The van der Waals surface area contributed by atoms with Gasteiger partial charge >= 0.3 is 0 Å². The predicted octanol–water partition coefficient (Wildman–Crippen LogP) is 3.61. The van der Waals surface area contributed by atoms with Gasteiger partial charge in [0.15, 0.2) is 0 Å². The Bertz CT molecular complexity index is 1090. The number of fused-ring (bicyclic) bond motifs is 1. The van der Waals surface area contributed by atoms with Gasteiger partial charge in [-0.1, -0.05) is 12.1 Å². The van der Waals surface area contributed by atoms with E-state index in [9.17, 15) is 9.18 Å². The van der Waals surface area contributed by atoms with E-state index in [2.05, 4.69) is 9.55 Å². The lowest BCUT2D eigenvalue weighted by molar-refractivity contribution is 0.0713. The molecule has 1 fully saturated rings. The van der Waals surface area contributed by atoms with E-state index in [1.807, 2.05) is 30.2 Å². The Labute approximate surface area is 181 Å². The highest BCUT2D eigenvalue weighted by Crippen LogP contribution is 2.32. The van der Waals surface area contributed by atoms with Crippen LogP contribution in [-0.4, -0.2) is 47.2 Å². The summed E-state index contributed by atoms with van der Waals surface area (Å²) in [7, 11) is 1.67. The number of pyridine rings is 1. The first-order chi connectivity index (χ1) is 15.0. The minimum Gasteiger partial charge on any atom is -0.383 e. The summed E-state index contributed by atoms with van der Waals surface area (Å²) in [6, 6.07) is 7.05. The smallest absolute Gasteiger partial charge is 0.257 e. The van der Waals surface area contributed by atoms with Gasteiger partial charge in [0.25, 0.3) is 5.91 Å². The van der Waals surface area contributed by atoms with Crippen LogP contribution in [0.1, 0.15) is 45.8 Å². The second-order valence-corrected chi connectivity index (χ2v) is 8.18. The largest absolute Gasteiger partial charge is 0.383 e. The lowest BCUT2D eigenvalue weighted by Crippen LogP contribution is -2.38. The molecule has 0 atom stereocenters. The van der Waals surface area contributed by atoms with Gasteiger partial charge in [-0.15, -0.1) is 0 Å². The van der Waals surface area contributed by atoms with Crippen molar-refractivity contribution in [3.05, 3.63) is 64.7 Å². The van der Waals surface area contributed by atoms with Gasteiger partial charge in [-0.3, -0.25) is 9.78 Å². The van der Waals surface area contributed by atoms with Crippen LogP contribution >= 0.6 is 0 Å². The molecule has 2 N–H and O–H groups in total. The summed E-state index contributed by atoms with van der Waals surface area (Å²) in [5, 5.41) is 0. The molecule has 6 nitrogen and oxygen atoms in total. The third kappa shape index (κ3) is 4.20. The molecule has 1 saturated heterocycles. The van der Waals surface area contributed by atoms with Crippen molar-refractivity contribution in [3.63, 3.8) is 0 Å². The molecular formula is C24H29FN4O2. The van der Waals surface area contributed by atoms with Crippen molar-refractivity contribution in [3.8, 4) is 0 Å². The van der Waals surface area contributed by atoms with Crippen LogP contribution in [0.2, 0.25) is 0 Å². The van der Waals surface area contributed by atoms with Crippen LogP contribution in [-0.2, 0) is 17.8 Å². The zero-order valence-electron chi connectivity index (χ0n) is 18.1. The molecule has 3 aromatic rings. The number of aromatic nitrogens is 2. The molecule has 31 heavy (non-hydrogen) atoms. The Balaban J connectivity index is 1.54. The van der Waals surface area contributed by atoms with E-state index < -0.39 is 0 Å². The number of ether oxygens (including phenoxy) is 1. The first-order valence-electron chi connectivity index (χ1n) is 10.7. The van der Waals surface area contributed by atoms with Gasteiger partial charge in [-0.05, 0) is 54.5 Å². The van der Waals surface area contributed by atoms with Gasteiger partial charge in [0, 0.05) is 45.7 Å². The Morgan fingerprint density at radius 3 is 2.77 bits per heavy atom. The zero-order chi connectivity index (χ0) is 22.0. The topological polar surface area (TPSA) is 73.4 Å². The number of piperidine rings is 1. The van der Waals surface area contributed by atoms with Crippen LogP contribution < -0.4 is 5.73 Å². The zero-order valence-corrected chi connectivity index (χ0v) is 18.1. The molecule has 1 aliphatic rings. The van der Waals surface area contributed by atoms with Gasteiger partial charge in [0.05, 0.1) is 17.7 Å². The quantitative estimate of drug-likeness (QED) is 0.656. The Morgan fingerprint density at radius 2 is 2.06 bits per heavy atom. The van der Waals surface area contributed by atoms with E-state index in [0.717, 1.165) is 35.0 Å². The number of carbonyl (C=O) groups excluding carboxylic acids is 1. The standard InChI is InChI=1S/C24H29FN4O2/c1-16-5-8-27-22-20(15-29(23(16)22)11-12-31-2)24(30)28-9-6-18(7-10-28)19-13-17(14-26)3-4-21(19)25/h3-5,8,13,15,18H,6-7,9-12,14,26H2,1-2H3. The van der Waals surface area contributed by atoms with Gasteiger partial charge < -0.3 is 19.9 Å². The molecule has 2 aromatic heterocycles. The highest BCUT2D eigenvalue weighted by Gasteiger charge is 2.28. The van der Waals surface area contributed by atoms with E-state index in [1.165, 1.54) is 6.07 Å². The SMILES string of the molecule is COCCn1cc(C(=O)N2CCC(c3cc(CN)ccc3F)CC2)c2nccc(C)c21. The highest BCUT2D eigenvalue weighted by molar-refractivity contribution is 6.06. The van der Waals surface area contributed by atoms with Crippen molar-refractivity contribution in [2.45, 2.75) is 38.8 Å². The fourth-order valence-electron chi connectivity index (χ4n) is 4.51. The fraction of sp³-hybridized carbons (Fsp3) is 0.417. The molecule has 0 radical (unpaired) electrons. The third-order valence-electron chi connectivity index (χ3n) is 6.24. The minimum atomic E-state index is -0.192. The molecular weight excluding hydrogens is 395 g/mol. The van der Waals surface area contributed by atoms with Crippen LogP contribution in [0.25, 0.3) is 11.0 Å². The van der Waals surface area contributed by atoms with Crippen LogP contribution in [0.3, 0.4) is 0 Å². The molecule has 0 unspecified atom stereocenters. The summed E-state index contributed by atoms with van der Waals surface area (Å²) in [5.41, 5.74) is 10.8. The molecule has 4 rings (SSSR count). The Kier molecular flexibility index (Phi) is 6.34. The average molecular weight is 425 g/mol. The van der Waals surface area contributed by atoms with Crippen molar-refractivity contribution in [2.75, 3.05) is 26.8 Å². The summed E-state index contributed by atoms with van der Waals surface area (Å²) >= 11 is 0. The minimum absolute atomic E-state index is 0.0195. The van der Waals surface area contributed by atoms with E-state index in [1.54, 1.807) is 19.4 Å². The number of carbonyl (C=O) groups is 1. The van der Waals surface area contributed by atoms with Crippen molar-refractivity contribution < 1.29 is 13.9 Å². The maximum Gasteiger partial charge on any atom is 0.257 e. The Hall–Kier alpha value is -2.77. The lowest BCUT2D eigenvalue weighted by atomic mass is 9.88. The second-order valence-electron chi connectivity index (χ2n) is 8.18. The number of hydrogen-bond donors (Lipinski definition) is 1. The predicted molar refractivity (Wildman–Crippen MR) is 119 cm³/mol. The average Bonchev–Trinajstić information content (AvgIpc) is 3.17. The summed E-state index contributed by atoms with van der Waals surface area (Å²) in [6.07, 6.45) is 5.09. The van der Waals surface area contributed by atoms with Gasteiger partial charge in [0.1, 0.15) is 11.3 Å². The first kappa shape index (κ1) is 21.5.